The minimum atomic E-state index is -0.451. The molecule has 1 aliphatic heterocycles. The van der Waals surface area contributed by atoms with Gasteiger partial charge in [0, 0.05) is 18.4 Å². The Morgan fingerprint density at radius 1 is 0.962 bits per heavy atom. The third kappa shape index (κ3) is 3.25. The first-order chi connectivity index (χ1) is 12.7. The van der Waals surface area contributed by atoms with Crippen LogP contribution in [0.1, 0.15) is 81.1 Å². The van der Waals surface area contributed by atoms with Gasteiger partial charge < -0.3 is 10.0 Å². The van der Waals surface area contributed by atoms with E-state index in [0.29, 0.717) is 11.8 Å². The Bertz CT molecular complexity index is 770. The van der Waals surface area contributed by atoms with E-state index in [2.05, 4.69) is 27.2 Å². The van der Waals surface area contributed by atoms with E-state index in [1.54, 1.807) is 0 Å². The van der Waals surface area contributed by atoms with E-state index in [1.165, 1.54) is 37.8 Å². The second kappa shape index (κ2) is 6.57. The number of hydrogen-bond donors (Lipinski definition) is 1. The molecule has 0 aromatic carbocycles. The standard InChI is InChI=1S/C20H29N5O/c26-20(10-2-1-3-11-20)14-24-12-8-16(9-13-24)19-22-21-18-7-6-17(15-4-5-15)23-25(18)19/h6-7,15-16,26H,1-5,8-14H2. The van der Waals surface area contributed by atoms with E-state index in [0.717, 1.165) is 56.8 Å². The number of β-amino-alcohol motifs (C(OH)–C–C–N with tert-alkyl or cyclic N) is 1. The smallest absolute Gasteiger partial charge is 0.177 e. The van der Waals surface area contributed by atoms with Crippen LogP contribution in [0.3, 0.4) is 0 Å². The fraction of sp³-hybridized carbons (Fsp3) is 0.750. The summed E-state index contributed by atoms with van der Waals surface area (Å²) in [5, 5.41) is 24.5. The van der Waals surface area contributed by atoms with Gasteiger partial charge in [-0.05, 0) is 63.7 Å². The minimum absolute atomic E-state index is 0.421. The van der Waals surface area contributed by atoms with E-state index in [9.17, 15) is 5.11 Å². The van der Waals surface area contributed by atoms with Crippen LogP contribution in [0.15, 0.2) is 12.1 Å². The molecule has 0 unspecified atom stereocenters. The number of nitrogens with zero attached hydrogens (tertiary/aromatic N) is 5. The third-order valence-electron chi connectivity index (χ3n) is 6.56. The van der Waals surface area contributed by atoms with Crippen LogP contribution in [0, 0.1) is 0 Å². The number of likely N-dealkylation sites (tertiary alicyclic amines) is 1. The first-order valence-corrected chi connectivity index (χ1v) is 10.4. The second-order valence-corrected chi connectivity index (χ2v) is 8.70. The number of hydrogen-bond acceptors (Lipinski definition) is 5. The Hall–Kier alpha value is -1.53. The molecule has 0 amide bonds. The van der Waals surface area contributed by atoms with Crippen LogP contribution in [-0.2, 0) is 0 Å². The van der Waals surface area contributed by atoms with Gasteiger partial charge in [0.05, 0.1) is 11.3 Å². The van der Waals surface area contributed by atoms with E-state index in [4.69, 9.17) is 5.10 Å². The van der Waals surface area contributed by atoms with Crippen molar-refractivity contribution in [2.45, 2.75) is 75.2 Å². The summed E-state index contributed by atoms with van der Waals surface area (Å²) in [6.07, 6.45) is 10.2. The van der Waals surface area contributed by atoms with Gasteiger partial charge in [-0.3, -0.25) is 0 Å². The topological polar surface area (TPSA) is 66.5 Å². The lowest BCUT2D eigenvalue weighted by atomic mass is 9.84. The average molecular weight is 355 g/mol. The van der Waals surface area contributed by atoms with Gasteiger partial charge in [-0.15, -0.1) is 10.2 Å². The molecule has 2 aromatic heterocycles. The van der Waals surface area contributed by atoms with Gasteiger partial charge in [0.1, 0.15) is 0 Å². The van der Waals surface area contributed by atoms with Gasteiger partial charge in [0.15, 0.2) is 11.5 Å². The third-order valence-corrected chi connectivity index (χ3v) is 6.56. The van der Waals surface area contributed by atoms with Crippen molar-refractivity contribution in [1.82, 2.24) is 24.7 Å². The molecule has 0 bridgehead atoms. The lowest BCUT2D eigenvalue weighted by Gasteiger charge is -2.39. The van der Waals surface area contributed by atoms with E-state index in [-0.39, 0.29) is 0 Å². The summed E-state index contributed by atoms with van der Waals surface area (Å²) in [6.45, 7) is 2.90. The van der Waals surface area contributed by atoms with E-state index >= 15 is 0 Å². The predicted octanol–water partition coefficient (Wildman–Crippen LogP) is 2.88. The van der Waals surface area contributed by atoms with Crippen molar-refractivity contribution in [3.63, 3.8) is 0 Å². The fourth-order valence-corrected chi connectivity index (χ4v) is 4.80. The first kappa shape index (κ1) is 16.6. The summed E-state index contributed by atoms with van der Waals surface area (Å²) >= 11 is 0. The monoisotopic (exact) mass is 355 g/mol. The van der Waals surface area contributed by atoms with Gasteiger partial charge in [0.25, 0.3) is 0 Å². The Kier molecular flexibility index (Phi) is 4.20. The number of rotatable bonds is 4. The molecule has 2 saturated carbocycles. The van der Waals surface area contributed by atoms with Crippen molar-refractivity contribution in [3.05, 3.63) is 23.7 Å². The zero-order valence-electron chi connectivity index (χ0n) is 15.5. The highest BCUT2D eigenvalue weighted by Gasteiger charge is 2.34. The second-order valence-electron chi connectivity index (χ2n) is 8.70. The summed E-state index contributed by atoms with van der Waals surface area (Å²) < 4.78 is 1.99. The molecular weight excluding hydrogens is 326 g/mol. The van der Waals surface area contributed by atoms with Gasteiger partial charge in [-0.25, -0.2) is 0 Å². The molecule has 3 fully saturated rings. The van der Waals surface area contributed by atoms with Crippen LogP contribution in [0.5, 0.6) is 0 Å². The van der Waals surface area contributed by atoms with Crippen LogP contribution in [-0.4, -0.2) is 55.1 Å². The molecule has 0 radical (unpaired) electrons. The van der Waals surface area contributed by atoms with Gasteiger partial charge in [0.2, 0.25) is 0 Å². The molecule has 3 heterocycles. The number of piperidine rings is 1. The summed E-state index contributed by atoms with van der Waals surface area (Å²) in [5.41, 5.74) is 1.60. The normalized spacial score (nSPS) is 25.0. The van der Waals surface area contributed by atoms with Crippen molar-refractivity contribution in [1.29, 1.82) is 0 Å². The van der Waals surface area contributed by atoms with Crippen LogP contribution in [0.25, 0.3) is 5.65 Å². The summed E-state index contributed by atoms with van der Waals surface area (Å²) in [5.74, 6) is 2.09. The Balaban J connectivity index is 1.26. The average Bonchev–Trinajstić information content (AvgIpc) is 3.42. The van der Waals surface area contributed by atoms with E-state index < -0.39 is 5.60 Å². The van der Waals surface area contributed by atoms with Crippen molar-refractivity contribution in [3.8, 4) is 0 Å². The quantitative estimate of drug-likeness (QED) is 0.913. The number of aromatic nitrogens is 4. The molecule has 6 nitrogen and oxygen atoms in total. The lowest BCUT2D eigenvalue weighted by Crippen LogP contribution is -2.47. The maximum Gasteiger partial charge on any atom is 0.177 e. The molecule has 2 aliphatic carbocycles. The van der Waals surface area contributed by atoms with Crippen molar-refractivity contribution in [2.24, 2.45) is 0 Å². The van der Waals surface area contributed by atoms with Gasteiger partial charge >= 0.3 is 0 Å². The maximum atomic E-state index is 10.8. The Morgan fingerprint density at radius 3 is 2.46 bits per heavy atom. The zero-order valence-corrected chi connectivity index (χ0v) is 15.5. The van der Waals surface area contributed by atoms with Gasteiger partial charge in [-0.1, -0.05) is 19.3 Å². The van der Waals surface area contributed by atoms with E-state index in [1.807, 2.05) is 4.52 Å². The van der Waals surface area contributed by atoms with Crippen LogP contribution in [0.2, 0.25) is 0 Å². The van der Waals surface area contributed by atoms with Crippen molar-refractivity contribution >= 4 is 5.65 Å². The predicted molar refractivity (Wildman–Crippen MR) is 99.2 cm³/mol. The van der Waals surface area contributed by atoms with Crippen LogP contribution < -0.4 is 0 Å². The highest BCUT2D eigenvalue weighted by atomic mass is 16.3. The molecule has 2 aromatic rings. The molecule has 1 saturated heterocycles. The highest BCUT2D eigenvalue weighted by Crippen LogP contribution is 2.39. The molecule has 6 heteroatoms. The molecule has 26 heavy (non-hydrogen) atoms. The largest absolute Gasteiger partial charge is 0.389 e. The lowest BCUT2D eigenvalue weighted by molar-refractivity contribution is -0.0309. The number of fused-ring (bicyclic) bond motifs is 1. The highest BCUT2D eigenvalue weighted by molar-refractivity contribution is 5.38. The molecule has 0 atom stereocenters. The number of aliphatic hydroxyl groups is 1. The molecule has 3 aliphatic rings. The molecular formula is C20H29N5O. The first-order valence-electron chi connectivity index (χ1n) is 10.4. The SMILES string of the molecule is OC1(CN2CCC(c3nnc4ccc(C5CC5)nn34)CC2)CCCCC1. The molecule has 0 spiro atoms. The fourth-order valence-electron chi connectivity index (χ4n) is 4.80. The molecule has 1 N–H and O–H groups in total. The summed E-state index contributed by atoms with van der Waals surface area (Å²) in [4.78, 5) is 2.45. The van der Waals surface area contributed by atoms with Crippen LogP contribution >= 0.6 is 0 Å². The maximum absolute atomic E-state index is 10.8. The van der Waals surface area contributed by atoms with Crippen LogP contribution in [0.4, 0.5) is 0 Å². The van der Waals surface area contributed by atoms with Crippen molar-refractivity contribution in [2.75, 3.05) is 19.6 Å². The Morgan fingerprint density at radius 2 is 1.73 bits per heavy atom. The molecule has 5 rings (SSSR count). The summed E-state index contributed by atoms with van der Waals surface area (Å²) in [7, 11) is 0. The summed E-state index contributed by atoms with van der Waals surface area (Å²) in [6, 6.07) is 4.17. The zero-order chi connectivity index (χ0) is 17.6. The van der Waals surface area contributed by atoms with Crippen molar-refractivity contribution < 1.29 is 5.11 Å². The molecule has 140 valence electrons. The minimum Gasteiger partial charge on any atom is -0.389 e. The van der Waals surface area contributed by atoms with Gasteiger partial charge in [-0.2, -0.15) is 9.61 Å². The Labute approximate surface area is 154 Å².